The fraction of sp³-hybridized carbons (Fsp3) is 0.792. The summed E-state index contributed by atoms with van der Waals surface area (Å²) in [4.78, 5) is 37.7. The minimum atomic E-state index is -4.72. The molecule has 0 aliphatic carbocycles. The molecule has 0 aromatic rings. The van der Waals surface area contributed by atoms with Crippen LogP contribution < -0.4 is 4.89 Å². The van der Waals surface area contributed by atoms with E-state index in [-0.39, 0.29) is 38.9 Å². The Balaban J connectivity index is 4.62. The van der Waals surface area contributed by atoms with Crippen molar-refractivity contribution < 1.29 is 57.4 Å². The number of phosphoric acid groups is 1. The van der Waals surface area contributed by atoms with Gasteiger partial charge in [-0.2, -0.15) is 0 Å². The van der Waals surface area contributed by atoms with Gasteiger partial charge in [-0.05, 0) is 25.7 Å². The van der Waals surface area contributed by atoms with E-state index in [9.17, 15) is 34.4 Å². The number of allylic oxidation sites excluding steroid dienone is 6. The molecular formula is C48H88NO11P. The first-order chi connectivity index (χ1) is 29.2. The van der Waals surface area contributed by atoms with Crippen LogP contribution in [-0.4, -0.2) is 104 Å². The molecular weight excluding hydrogens is 797 g/mol. The van der Waals surface area contributed by atoms with Gasteiger partial charge in [-0.3, -0.25) is 14.2 Å². The van der Waals surface area contributed by atoms with Gasteiger partial charge >= 0.3 is 11.9 Å². The third-order valence-corrected chi connectivity index (χ3v) is 11.2. The number of ether oxygens (including phenoxy) is 2. The number of quaternary nitrogens is 1. The Hall–Kier alpha value is -2.15. The zero-order chi connectivity index (χ0) is 45.5. The Morgan fingerprint density at radius 2 is 1.07 bits per heavy atom. The van der Waals surface area contributed by atoms with E-state index in [0.29, 0.717) is 17.4 Å². The Labute approximate surface area is 371 Å². The molecule has 0 spiro atoms. The summed E-state index contributed by atoms with van der Waals surface area (Å²) in [5.74, 6) is -1.16. The Morgan fingerprint density at radius 3 is 1.61 bits per heavy atom. The third kappa shape index (κ3) is 41.6. The molecule has 12 nitrogen and oxygen atoms in total. The van der Waals surface area contributed by atoms with E-state index in [4.69, 9.17) is 18.5 Å². The molecule has 0 rings (SSSR count). The van der Waals surface area contributed by atoms with Crippen LogP contribution in [0, 0.1) is 0 Å². The van der Waals surface area contributed by atoms with Gasteiger partial charge in [0.05, 0.1) is 46.1 Å². The molecule has 356 valence electrons. The standard InChI is InChI=1S/C48H88NO11P/c1-6-8-10-11-12-13-14-15-16-17-18-19-20-21-22-27-31-37-47(53)57-41-44(42-59-61(55,56)58-40-39-49(3,4)5)60-48(54)38-32-36-46(52)45(51)35-30-26-24-23-25-29-34-43(50)33-28-9-7-2/h23-26,29-30,34-35,43-46,50-52H,6-22,27-28,31-33,36-42H2,1-5H3/b25-23-,26-24+,34-29+,35-30+/t43-,44+,45-,46-/m0/s1. The lowest BCUT2D eigenvalue weighted by Crippen LogP contribution is -2.37. The van der Waals surface area contributed by atoms with Gasteiger partial charge in [0.25, 0.3) is 7.82 Å². The zero-order valence-corrected chi connectivity index (χ0v) is 39.8. The number of likely N-dealkylation sites (N-methyl/N-ethyl adjacent to an activating group) is 1. The lowest BCUT2D eigenvalue weighted by atomic mass is 10.0. The fourth-order valence-corrected chi connectivity index (χ4v) is 7.06. The molecule has 0 radical (unpaired) electrons. The quantitative estimate of drug-likeness (QED) is 0.0175. The number of aliphatic hydroxyl groups excluding tert-OH is 3. The first-order valence-corrected chi connectivity index (χ1v) is 25.1. The minimum Gasteiger partial charge on any atom is -0.756 e. The van der Waals surface area contributed by atoms with E-state index in [1.807, 2.05) is 21.1 Å². The van der Waals surface area contributed by atoms with Gasteiger partial charge in [0, 0.05) is 12.8 Å². The second-order valence-corrected chi connectivity index (χ2v) is 18.8. The highest BCUT2D eigenvalue weighted by atomic mass is 31.2. The van der Waals surface area contributed by atoms with Gasteiger partial charge in [0.15, 0.2) is 6.10 Å². The number of carbonyl (C=O) groups excluding carboxylic acids is 2. The Morgan fingerprint density at radius 1 is 0.590 bits per heavy atom. The Kier molecular flexibility index (Phi) is 38.1. The van der Waals surface area contributed by atoms with Crippen LogP contribution in [-0.2, 0) is 32.7 Å². The largest absolute Gasteiger partial charge is 0.756 e. The number of rotatable bonds is 42. The number of phosphoric ester groups is 1. The van der Waals surface area contributed by atoms with Gasteiger partial charge in [0.1, 0.15) is 19.8 Å². The summed E-state index contributed by atoms with van der Waals surface area (Å²) in [5.41, 5.74) is 0. The van der Waals surface area contributed by atoms with Crippen LogP contribution in [0.3, 0.4) is 0 Å². The number of hydrogen-bond acceptors (Lipinski definition) is 11. The summed E-state index contributed by atoms with van der Waals surface area (Å²) in [6.45, 7) is 3.73. The number of hydrogen-bond donors (Lipinski definition) is 3. The number of carbonyl (C=O) groups is 2. The van der Waals surface area contributed by atoms with E-state index in [2.05, 4.69) is 13.8 Å². The number of nitrogens with zero attached hydrogens (tertiary/aromatic N) is 1. The SMILES string of the molecule is CCCCCCCCCCCCCCCCCCCC(=O)OC[C@H](COP(=O)([O-])OCC[N+](C)(C)C)OC(=O)CCC[C@H](O)[C@@H](O)/C=C/C=C/C=C\C=C\[C@@H](O)CCCCC. The molecule has 0 saturated heterocycles. The number of esters is 2. The lowest BCUT2D eigenvalue weighted by Gasteiger charge is -2.28. The Bertz CT molecular complexity index is 1230. The van der Waals surface area contributed by atoms with Crippen LogP contribution in [0.4, 0.5) is 0 Å². The van der Waals surface area contributed by atoms with Crippen molar-refractivity contribution in [2.75, 3.05) is 47.5 Å². The van der Waals surface area contributed by atoms with Crippen LogP contribution in [0.15, 0.2) is 48.6 Å². The smallest absolute Gasteiger partial charge is 0.306 e. The highest BCUT2D eigenvalue weighted by Gasteiger charge is 2.22. The molecule has 13 heteroatoms. The average Bonchev–Trinajstić information content (AvgIpc) is 3.20. The van der Waals surface area contributed by atoms with Gasteiger partial charge in [0.2, 0.25) is 0 Å². The van der Waals surface area contributed by atoms with Crippen molar-refractivity contribution >= 4 is 19.8 Å². The molecule has 0 bridgehead atoms. The van der Waals surface area contributed by atoms with Crippen LogP contribution in [0.2, 0.25) is 0 Å². The summed E-state index contributed by atoms with van der Waals surface area (Å²) in [6, 6.07) is 0. The van der Waals surface area contributed by atoms with E-state index in [0.717, 1.165) is 44.9 Å². The third-order valence-electron chi connectivity index (χ3n) is 10.2. The van der Waals surface area contributed by atoms with E-state index in [1.54, 1.807) is 42.5 Å². The van der Waals surface area contributed by atoms with Crippen molar-refractivity contribution in [3.63, 3.8) is 0 Å². The summed E-state index contributed by atoms with van der Waals surface area (Å²) in [6.07, 6.45) is 35.0. The number of unbranched alkanes of at least 4 members (excludes halogenated alkanes) is 18. The van der Waals surface area contributed by atoms with Crippen LogP contribution in [0.25, 0.3) is 0 Å². The van der Waals surface area contributed by atoms with Crippen molar-refractivity contribution in [3.05, 3.63) is 48.6 Å². The zero-order valence-electron chi connectivity index (χ0n) is 38.9. The van der Waals surface area contributed by atoms with Crippen molar-refractivity contribution in [3.8, 4) is 0 Å². The average molecular weight is 886 g/mol. The maximum absolute atomic E-state index is 12.7. The van der Waals surface area contributed by atoms with Crippen LogP contribution in [0.5, 0.6) is 0 Å². The summed E-state index contributed by atoms with van der Waals surface area (Å²) in [7, 11) is 0.949. The molecule has 0 fully saturated rings. The molecule has 0 saturated carbocycles. The first kappa shape index (κ1) is 58.9. The number of aliphatic hydroxyl groups is 3. The summed E-state index contributed by atoms with van der Waals surface area (Å²) < 4.78 is 33.7. The first-order valence-electron chi connectivity index (χ1n) is 23.7. The van der Waals surface area contributed by atoms with Gasteiger partial charge < -0.3 is 43.2 Å². The van der Waals surface area contributed by atoms with Crippen LogP contribution in [0.1, 0.15) is 174 Å². The topological polar surface area (TPSA) is 172 Å². The van der Waals surface area contributed by atoms with E-state index >= 15 is 0 Å². The molecule has 0 aliphatic heterocycles. The van der Waals surface area contributed by atoms with Crippen molar-refractivity contribution in [1.82, 2.24) is 0 Å². The van der Waals surface area contributed by atoms with Crippen molar-refractivity contribution in [2.24, 2.45) is 0 Å². The minimum absolute atomic E-state index is 0.0948. The normalized spacial score (nSPS) is 15.5. The fourth-order valence-electron chi connectivity index (χ4n) is 6.33. The van der Waals surface area contributed by atoms with Gasteiger partial charge in [-0.1, -0.05) is 184 Å². The second-order valence-electron chi connectivity index (χ2n) is 17.3. The predicted octanol–water partition coefficient (Wildman–Crippen LogP) is 9.75. The molecule has 0 amide bonds. The highest BCUT2D eigenvalue weighted by molar-refractivity contribution is 7.45. The molecule has 61 heavy (non-hydrogen) atoms. The second kappa shape index (κ2) is 39.4. The lowest BCUT2D eigenvalue weighted by molar-refractivity contribution is -0.870. The monoisotopic (exact) mass is 886 g/mol. The highest BCUT2D eigenvalue weighted by Crippen LogP contribution is 2.38. The summed E-state index contributed by atoms with van der Waals surface area (Å²) >= 11 is 0. The predicted molar refractivity (Wildman–Crippen MR) is 245 cm³/mol. The molecule has 5 atom stereocenters. The molecule has 0 aromatic heterocycles. The van der Waals surface area contributed by atoms with Crippen LogP contribution >= 0.6 is 7.82 Å². The van der Waals surface area contributed by atoms with Crippen molar-refractivity contribution in [2.45, 2.75) is 199 Å². The molecule has 0 aromatic carbocycles. The van der Waals surface area contributed by atoms with Gasteiger partial charge in [-0.15, -0.1) is 0 Å². The molecule has 0 heterocycles. The molecule has 1 unspecified atom stereocenters. The summed E-state index contributed by atoms with van der Waals surface area (Å²) in [5, 5.41) is 30.6. The van der Waals surface area contributed by atoms with E-state index < -0.39 is 50.8 Å². The maximum Gasteiger partial charge on any atom is 0.306 e. The van der Waals surface area contributed by atoms with Gasteiger partial charge in [-0.25, -0.2) is 0 Å². The maximum atomic E-state index is 12.7. The van der Waals surface area contributed by atoms with E-state index in [1.165, 1.54) is 89.5 Å². The molecule has 3 N–H and O–H groups in total. The molecule has 0 aliphatic rings. The van der Waals surface area contributed by atoms with Crippen molar-refractivity contribution in [1.29, 1.82) is 0 Å².